The number of carbonyl (C=O) groups excluding carboxylic acids is 1. The van der Waals surface area contributed by atoms with Crippen molar-refractivity contribution >= 4 is 21.6 Å². The molecule has 1 amide bonds. The molecule has 1 aromatic rings. The summed E-state index contributed by atoms with van der Waals surface area (Å²) in [5.74, 6) is -0.106. The quantitative estimate of drug-likeness (QED) is 0.802. The van der Waals surface area contributed by atoms with Crippen molar-refractivity contribution in [2.75, 3.05) is 5.32 Å². The smallest absolute Gasteiger partial charge is 0.241 e. The highest BCUT2D eigenvalue weighted by molar-refractivity contribution is 7.89. The molecule has 5 nitrogen and oxygen atoms in total. The lowest BCUT2D eigenvalue weighted by atomic mass is 9.89. The van der Waals surface area contributed by atoms with Gasteiger partial charge in [0.15, 0.2) is 0 Å². The van der Waals surface area contributed by atoms with E-state index in [0.29, 0.717) is 12.1 Å². The zero-order valence-electron chi connectivity index (χ0n) is 15.9. The number of amides is 1. The maximum Gasteiger partial charge on any atom is 0.241 e. The van der Waals surface area contributed by atoms with Gasteiger partial charge >= 0.3 is 0 Å². The van der Waals surface area contributed by atoms with Gasteiger partial charge in [-0.15, -0.1) is 0 Å². The molecule has 0 bridgehead atoms. The number of anilines is 1. The van der Waals surface area contributed by atoms with Crippen LogP contribution in [0.3, 0.4) is 0 Å². The second-order valence-electron chi connectivity index (χ2n) is 7.71. The van der Waals surface area contributed by atoms with Crippen LogP contribution in [0.25, 0.3) is 0 Å². The SMILES string of the molecule is CCC(C)(C)C(=O)Nc1cc(C)c(C)c(S(=O)(=O)NC2CCCC2)c1. The highest BCUT2D eigenvalue weighted by atomic mass is 32.2. The summed E-state index contributed by atoms with van der Waals surface area (Å²) in [6.07, 6.45) is 4.61. The molecule has 25 heavy (non-hydrogen) atoms. The Morgan fingerprint density at radius 2 is 1.80 bits per heavy atom. The molecule has 2 rings (SSSR count). The van der Waals surface area contributed by atoms with Gasteiger partial charge in [0.1, 0.15) is 0 Å². The summed E-state index contributed by atoms with van der Waals surface area (Å²) in [7, 11) is -3.60. The van der Waals surface area contributed by atoms with Gasteiger partial charge in [-0.25, -0.2) is 13.1 Å². The fraction of sp³-hybridized carbons (Fsp3) is 0.632. The lowest BCUT2D eigenvalue weighted by molar-refractivity contribution is -0.124. The summed E-state index contributed by atoms with van der Waals surface area (Å²) in [6.45, 7) is 9.39. The fourth-order valence-electron chi connectivity index (χ4n) is 2.97. The minimum Gasteiger partial charge on any atom is -0.326 e. The van der Waals surface area contributed by atoms with E-state index >= 15 is 0 Å². The summed E-state index contributed by atoms with van der Waals surface area (Å²) in [4.78, 5) is 12.7. The van der Waals surface area contributed by atoms with Crippen molar-refractivity contribution in [2.24, 2.45) is 5.41 Å². The van der Waals surface area contributed by atoms with E-state index in [4.69, 9.17) is 0 Å². The third-order valence-corrected chi connectivity index (χ3v) is 6.99. The Morgan fingerprint density at radius 3 is 2.36 bits per heavy atom. The molecule has 0 radical (unpaired) electrons. The number of nitrogens with one attached hydrogen (secondary N) is 2. The van der Waals surface area contributed by atoms with E-state index in [2.05, 4.69) is 10.0 Å². The van der Waals surface area contributed by atoms with Gasteiger partial charge in [-0.05, 0) is 56.4 Å². The van der Waals surface area contributed by atoms with Crippen LogP contribution in [0.4, 0.5) is 5.69 Å². The van der Waals surface area contributed by atoms with Gasteiger partial charge < -0.3 is 5.32 Å². The van der Waals surface area contributed by atoms with Crippen LogP contribution in [-0.4, -0.2) is 20.4 Å². The molecule has 0 spiro atoms. The molecule has 0 aromatic heterocycles. The van der Waals surface area contributed by atoms with Gasteiger partial charge in [0, 0.05) is 17.1 Å². The van der Waals surface area contributed by atoms with Crippen LogP contribution < -0.4 is 10.0 Å². The largest absolute Gasteiger partial charge is 0.326 e. The molecule has 0 heterocycles. The maximum atomic E-state index is 12.8. The molecule has 1 aliphatic rings. The molecule has 1 fully saturated rings. The van der Waals surface area contributed by atoms with Crippen LogP contribution in [0.1, 0.15) is 64.0 Å². The number of rotatable bonds is 6. The minimum atomic E-state index is -3.60. The van der Waals surface area contributed by atoms with Crippen LogP contribution in [-0.2, 0) is 14.8 Å². The molecule has 0 saturated heterocycles. The number of benzene rings is 1. The van der Waals surface area contributed by atoms with E-state index in [1.165, 1.54) is 0 Å². The van der Waals surface area contributed by atoms with Crippen molar-refractivity contribution in [1.29, 1.82) is 0 Å². The first kappa shape index (κ1) is 19.9. The normalized spacial score (nSPS) is 16.2. The zero-order chi connectivity index (χ0) is 18.8. The number of aryl methyl sites for hydroxylation is 1. The topological polar surface area (TPSA) is 75.3 Å². The number of carbonyl (C=O) groups is 1. The zero-order valence-corrected chi connectivity index (χ0v) is 16.7. The summed E-state index contributed by atoms with van der Waals surface area (Å²) in [6, 6.07) is 3.42. The van der Waals surface area contributed by atoms with E-state index in [1.807, 2.05) is 33.8 Å². The molecular formula is C19H30N2O3S. The third-order valence-electron chi connectivity index (χ3n) is 5.34. The molecule has 140 valence electrons. The van der Waals surface area contributed by atoms with Gasteiger partial charge in [-0.2, -0.15) is 0 Å². The van der Waals surface area contributed by atoms with E-state index in [9.17, 15) is 13.2 Å². The number of hydrogen-bond acceptors (Lipinski definition) is 3. The van der Waals surface area contributed by atoms with Gasteiger partial charge in [-0.3, -0.25) is 4.79 Å². The molecule has 0 atom stereocenters. The number of sulfonamides is 1. The summed E-state index contributed by atoms with van der Waals surface area (Å²) in [5, 5.41) is 2.88. The van der Waals surface area contributed by atoms with Crippen molar-refractivity contribution in [1.82, 2.24) is 4.72 Å². The maximum absolute atomic E-state index is 12.8. The standard InChI is InChI=1S/C19H30N2O3S/c1-6-19(4,5)18(22)20-16-11-13(2)14(3)17(12-16)25(23,24)21-15-9-7-8-10-15/h11-12,15,21H,6-10H2,1-5H3,(H,20,22). The van der Waals surface area contributed by atoms with Gasteiger partial charge in [0.25, 0.3) is 0 Å². The summed E-state index contributed by atoms with van der Waals surface area (Å²) < 4.78 is 28.5. The van der Waals surface area contributed by atoms with Crippen LogP contribution in [0.5, 0.6) is 0 Å². The van der Waals surface area contributed by atoms with Crippen molar-refractivity contribution in [3.8, 4) is 0 Å². The molecule has 2 N–H and O–H groups in total. The molecule has 0 unspecified atom stereocenters. The Labute approximate surface area is 151 Å². The Kier molecular flexibility index (Phi) is 5.94. The summed E-state index contributed by atoms with van der Waals surface area (Å²) >= 11 is 0. The molecule has 1 aromatic carbocycles. The van der Waals surface area contributed by atoms with Crippen molar-refractivity contribution in [2.45, 2.75) is 77.7 Å². The van der Waals surface area contributed by atoms with E-state index < -0.39 is 15.4 Å². The second kappa shape index (κ2) is 7.46. The van der Waals surface area contributed by atoms with E-state index in [1.54, 1.807) is 13.0 Å². The van der Waals surface area contributed by atoms with Gasteiger partial charge in [-0.1, -0.05) is 33.6 Å². The lowest BCUT2D eigenvalue weighted by Crippen LogP contribution is -2.33. The average molecular weight is 367 g/mol. The first-order valence-electron chi connectivity index (χ1n) is 9.02. The van der Waals surface area contributed by atoms with Crippen molar-refractivity contribution < 1.29 is 13.2 Å². The average Bonchev–Trinajstić information content (AvgIpc) is 3.02. The van der Waals surface area contributed by atoms with Crippen LogP contribution in [0.15, 0.2) is 17.0 Å². The van der Waals surface area contributed by atoms with Crippen LogP contribution in [0, 0.1) is 19.3 Å². The first-order valence-corrected chi connectivity index (χ1v) is 10.5. The molecule has 1 aliphatic carbocycles. The third kappa shape index (κ3) is 4.61. The molecular weight excluding hydrogens is 336 g/mol. The van der Waals surface area contributed by atoms with E-state index in [-0.39, 0.29) is 16.8 Å². The summed E-state index contributed by atoms with van der Waals surface area (Å²) in [5.41, 5.74) is 1.60. The lowest BCUT2D eigenvalue weighted by Gasteiger charge is -2.22. The predicted molar refractivity (Wildman–Crippen MR) is 101 cm³/mol. The van der Waals surface area contributed by atoms with Crippen molar-refractivity contribution in [3.05, 3.63) is 23.3 Å². The molecule has 6 heteroatoms. The fourth-order valence-corrected chi connectivity index (χ4v) is 4.61. The van der Waals surface area contributed by atoms with Crippen LogP contribution in [0.2, 0.25) is 0 Å². The predicted octanol–water partition coefficient (Wildman–Crippen LogP) is 3.90. The van der Waals surface area contributed by atoms with E-state index in [0.717, 1.165) is 36.8 Å². The Morgan fingerprint density at radius 1 is 1.20 bits per heavy atom. The van der Waals surface area contributed by atoms with Crippen molar-refractivity contribution in [3.63, 3.8) is 0 Å². The highest BCUT2D eigenvalue weighted by Crippen LogP contribution is 2.28. The van der Waals surface area contributed by atoms with Gasteiger partial charge in [0.05, 0.1) is 4.90 Å². The first-order chi connectivity index (χ1) is 11.6. The highest BCUT2D eigenvalue weighted by Gasteiger charge is 2.28. The Balaban J connectivity index is 2.32. The van der Waals surface area contributed by atoms with Crippen LogP contribution >= 0.6 is 0 Å². The Hall–Kier alpha value is -1.40. The molecule has 0 aliphatic heterocycles. The monoisotopic (exact) mass is 366 g/mol. The number of hydrogen-bond donors (Lipinski definition) is 2. The molecule has 1 saturated carbocycles. The van der Waals surface area contributed by atoms with Gasteiger partial charge in [0.2, 0.25) is 15.9 Å². The second-order valence-corrected chi connectivity index (χ2v) is 9.39. The Bertz CT molecular complexity index is 748. The minimum absolute atomic E-state index is 0.0157.